The predicted octanol–water partition coefficient (Wildman–Crippen LogP) is 2.97. The molecule has 1 spiro atoms. The van der Waals surface area contributed by atoms with Crippen LogP contribution in [0.1, 0.15) is 44.7 Å². The van der Waals surface area contributed by atoms with Crippen LogP contribution >= 0.6 is 0 Å². The Morgan fingerprint density at radius 3 is 2.68 bits per heavy atom. The first-order chi connectivity index (χ1) is 10.3. The molecule has 2 aliphatic heterocycles. The lowest BCUT2D eigenvalue weighted by molar-refractivity contribution is -0.227. The number of hydrogen-bond donors (Lipinski definition) is 0. The van der Waals surface area contributed by atoms with E-state index < -0.39 is 22.9 Å². The topological polar surface area (TPSA) is 44.8 Å². The summed E-state index contributed by atoms with van der Waals surface area (Å²) in [7, 11) is 1.67. The minimum Gasteiger partial charge on any atom is -0.497 e. The van der Waals surface area contributed by atoms with Gasteiger partial charge in [-0.15, -0.1) is 0 Å². The molecule has 2 heterocycles. The van der Waals surface area contributed by atoms with Crippen LogP contribution in [0, 0.1) is 5.41 Å². The molecular weight excluding hydrogens is 280 g/mol. The Morgan fingerprint density at radius 1 is 1.27 bits per heavy atom. The van der Waals surface area contributed by atoms with E-state index in [0.29, 0.717) is 0 Å². The molecule has 2 saturated heterocycles. The van der Waals surface area contributed by atoms with Gasteiger partial charge < -0.3 is 14.2 Å². The first-order valence-corrected chi connectivity index (χ1v) is 7.94. The molecular formula is C18H22O4. The fraction of sp³-hybridized carbons (Fsp3) is 0.611. The number of methoxy groups -OCH3 is 1. The van der Waals surface area contributed by atoms with E-state index in [9.17, 15) is 4.79 Å². The van der Waals surface area contributed by atoms with Crippen molar-refractivity contribution < 1.29 is 19.0 Å². The number of carbonyl (C=O) groups is 1. The highest BCUT2D eigenvalue weighted by Crippen LogP contribution is 2.61. The summed E-state index contributed by atoms with van der Waals surface area (Å²) < 4.78 is 17.9. The summed E-state index contributed by atoms with van der Waals surface area (Å²) in [6, 6.07) is 6.05. The third kappa shape index (κ3) is 1.47. The van der Waals surface area contributed by atoms with Gasteiger partial charge in [-0.2, -0.15) is 0 Å². The Morgan fingerprint density at radius 2 is 2.05 bits per heavy atom. The van der Waals surface area contributed by atoms with Crippen LogP contribution in [0.25, 0.3) is 0 Å². The average Bonchev–Trinajstić information content (AvgIpc) is 2.88. The molecule has 22 heavy (non-hydrogen) atoms. The van der Waals surface area contributed by atoms with Crippen LogP contribution in [0.2, 0.25) is 0 Å². The average molecular weight is 302 g/mol. The van der Waals surface area contributed by atoms with Gasteiger partial charge in [0.1, 0.15) is 11.4 Å². The third-order valence-corrected chi connectivity index (χ3v) is 5.90. The molecule has 0 saturated carbocycles. The fourth-order valence-electron chi connectivity index (χ4n) is 4.21. The van der Waals surface area contributed by atoms with Gasteiger partial charge in [0.05, 0.1) is 12.5 Å². The van der Waals surface area contributed by atoms with E-state index in [4.69, 9.17) is 14.2 Å². The molecule has 4 nitrogen and oxygen atoms in total. The predicted molar refractivity (Wildman–Crippen MR) is 80.8 cm³/mol. The standard InChI is InChI=1S/C18H22O4/c1-16(2)14(19)15-18(22-17(16,3)21-15)9-5-6-11-10-12(20-4)7-8-13(11)18/h7-8,10,15H,5-6,9H2,1-4H3/t15-,17-,18?/m0/s1. The zero-order chi connectivity index (χ0) is 15.8. The molecule has 1 aromatic rings. The van der Waals surface area contributed by atoms with Crippen molar-refractivity contribution in [3.8, 4) is 5.75 Å². The van der Waals surface area contributed by atoms with Crippen molar-refractivity contribution in [2.75, 3.05) is 7.11 Å². The van der Waals surface area contributed by atoms with E-state index in [1.54, 1.807) is 7.11 Å². The van der Waals surface area contributed by atoms with Gasteiger partial charge in [-0.3, -0.25) is 4.79 Å². The number of ketones is 1. The molecule has 3 aliphatic rings. The summed E-state index contributed by atoms with van der Waals surface area (Å²) in [4.78, 5) is 12.9. The molecule has 2 fully saturated rings. The van der Waals surface area contributed by atoms with Crippen LogP contribution in [0.3, 0.4) is 0 Å². The molecule has 2 bridgehead atoms. The number of rotatable bonds is 1. The Hall–Kier alpha value is -1.39. The molecule has 0 aromatic heterocycles. The molecule has 1 aromatic carbocycles. The summed E-state index contributed by atoms with van der Waals surface area (Å²) in [5.41, 5.74) is 1.07. The summed E-state index contributed by atoms with van der Waals surface area (Å²) in [5, 5.41) is 0. The van der Waals surface area contributed by atoms with Gasteiger partial charge in [0.15, 0.2) is 17.7 Å². The number of hydrogen-bond acceptors (Lipinski definition) is 4. The molecule has 118 valence electrons. The number of benzene rings is 1. The normalized spacial score (nSPS) is 38.4. The number of fused-ring (bicyclic) bond motifs is 5. The molecule has 0 radical (unpaired) electrons. The van der Waals surface area contributed by atoms with E-state index in [0.717, 1.165) is 30.6 Å². The summed E-state index contributed by atoms with van der Waals surface area (Å²) in [5.74, 6) is 0.159. The first kappa shape index (κ1) is 14.2. The van der Waals surface area contributed by atoms with Crippen molar-refractivity contribution in [2.45, 2.75) is 57.5 Å². The summed E-state index contributed by atoms with van der Waals surface area (Å²) in [6.07, 6.45) is 2.30. The number of ether oxygens (including phenoxy) is 3. The highest BCUT2D eigenvalue weighted by atomic mass is 16.8. The smallest absolute Gasteiger partial charge is 0.179 e. The van der Waals surface area contributed by atoms with Crippen LogP contribution in [-0.2, 0) is 26.3 Å². The van der Waals surface area contributed by atoms with Crippen LogP contribution in [0.5, 0.6) is 5.75 Å². The quantitative estimate of drug-likeness (QED) is 0.800. The molecule has 0 N–H and O–H groups in total. The Labute approximate surface area is 130 Å². The van der Waals surface area contributed by atoms with Gasteiger partial charge in [-0.25, -0.2) is 0 Å². The van der Waals surface area contributed by atoms with Crippen molar-refractivity contribution in [1.82, 2.24) is 0 Å². The molecule has 1 aliphatic carbocycles. The first-order valence-electron chi connectivity index (χ1n) is 7.94. The Bertz CT molecular complexity index is 665. The maximum absolute atomic E-state index is 12.9. The second-order valence-electron chi connectivity index (χ2n) is 7.30. The Kier molecular flexibility index (Phi) is 2.66. The minimum atomic E-state index is -0.844. The second-order valence-corrected chi connectivity index (χ2v) is 7.30. The third-order valence-electron chi connectivity index (χ3n) is 5.90. The summed E-state index contributed by atoms with van der Waals surface area (Å²) >= 11 is 0. The number of aryl methyl sites for hydroxylation is 1. The van der Waals surface area contributed by atoms with Crippen LogP contribution < -0.4 is 4.74 Å². The van der Waals surface area contributed by atoms with E-state index in [1.165, 1.54) is 5.56 Å². The molecule has 4 rings (SSSR count). The largest absolute Gasteiger partial charge is 0.497 e. The van der Waals surface area contributed by atoms with Crippen molar-refractivity contribution in [1.29, 1.82) is 0 Å². The van der Waals surface area contributed by atoms with Crippen molar-refractivity contribution in [3.05, 3.63) is 29.3 Å². The number of Topliss-reactive ketones (excluding diaryl/α,β-unsaturated/α-hetero) is 1. The van der Waals surface area contributed by atoms with E-state index >= 15 is 0 Å². The molecule has 4 heteroatoms. The number of carbonyl (C=O) groups excluding carboxylic acids is 1. The van der Waals surface area contributed by atoms with Crippen molar-refractivity contribution >= 4 is 5.78 Å². The van der Waals surface area contributed by atoms with Crippen molar-refractivity contribution in [3.63, 3.8) is 0 Å². The van der Waals surface area contributed by atoms with Gasteiger partial charge in [0, 0.05) is 0 Å². The van der Waals surface area contributed by atoms with Gasteiger partial charge >= 0.3 is 0 Å². The van der Waals surface area contributed by atoms with Gasteiger partial charge in [-0.05, 0) is 63.3 Å². The lowest BCUT2D eigenvalue weighted by Gasteiger charge is -2.45. The SMILES string of the molecule is COc1ccc2c(c1)CCCC21O[C@]2(C)O[C@H]1C(=O)C2(C)C. The zero-order valence-electron chi connectivity index (χ0n) is 13.6. The van der Waals surface area contributed by atoms with Crippen molar-refractivity contribution in [2.24, 2.45) is 5.41 Å². The Balaban J connectivity index is 1.85. The molecule has 1 unspecified atom stereocenters. The van der Waals surface area contributed by atoms with Gasteiger partial charge in [0.25, 0.3) is 0 Å². The lowest BCUT2D eigenvalue weighted by atomic mass is 9.68. The van der Waals surface area contributed by atoms with E-state index in [2.05, 4.69) is 6.07 Å². The molecule has 3 atom stereocenters. The fourth-order valence-corrected chi connectivity index (χ4v) is 4.21. The maximum Gasteiger partial charge on any atom is 0.179 e. The van der Waals surface area contributed by atoms with Crippen LogP contribution in [-0.4, -0.2) is 24.8 Å². The monoisotopic (exact) mass is 302 g/mol. The van der Waals surface area contributed by atoms with Gasteiger partial charge in [-0.1, -0.05) is 6.07 Å². The lowest BCUT2D eigenvalue weighted by Crippen LogP contribution is -2.56. The highest BCUT2D eigenvalue weighted by molar-refractivity contribution is 5.93. The second kappa shape index (κ2) is 4.12. The van der Waals surface area contributed by atoms with Gasteiger partial charge in [0.2, 0.25) is 0 Å². The minimum absolute atomic E-state index is 0.157. The molecule has 0 amide bonds. The van der Waals surface area contributed by atoms with E-state index in [1.807, 2.05) is 32.9 Å². The summed E-state index contributed by atoms with van der Waals surface area (Å²) in [6.45, 7) is 5.73. The van der Waals surface area contributed by atoms with Crippen LogP contribution in [0.4, 0.5) is 0 Å². The van der Waals surface area contributed by atoms with Crippen LogP contribution in [0.15, 0.2) is 18.2 Å². The highest BCUT2D eigenvalue weighted by Gasteiger charge is 2.73. The maximum atomic E-state index is 12.9. The van der Waals surface area contributed by atoms with E-state index in [-0.39, 0.29) is 5.78 Å². The zero-order valence-corrected chi connectivity index (χ0v) is 13.6.